The van der Waals surface area contributed by atoms with Gasteiger partial charge in [0.1, 0.15) is 5.75 Å². The molecule has 21 heavy (non-hydrogen) atoms. The second-order valence-electron chi connectivity index (χ2n) is 6.08. The molecule has 1 aromatic heterocycles. The van der Waals surface area contributed by atoms with Gasteiger partial charge in [-0.15, -0.1) is 10.2 Å². The zero-order valence-electron chi connectivity index (χ0n) is 13.0. The summed E-state index contributed by atoms with van der Waals surface area (Å²) in [4.78, 5) is 0. The molecule has 114 valence electrons. The number of hydrogen-bond acceptors (Lipinski definition) is 4. The first-order valence-electron chi connectivity index (χ1n) is 7.16. The fourth-order valence-electron chi connectivity index (χ4n) is 2.08. The van der Waals surface area contributed by atoms with Crippen molar-refractivity contribution in [1.29, 1.82) is 0 Å². The van der Waals surface area contributed by atoms with Crippen molar-refractivity contribution < 1.29 is 8.63 Å². The molecule has 0 amide bonds. The van der Waals surface area contributed by atoms with Gasteiger partial charge in [0.25, 0.3) is 0 Å². The zero-order valence-corrected chi connectivity index (χ0v) is 13.8. The third kappa shape index (κ3) is 4.00. The highest BCUT2D eigenvalue weighted by Gasteiger charge is 2.24. The lowest BCUT2D eigenvalue weighted by molar-refractivity contribution is 0.378. The van der Waals surface area contributed by atoms with Crippen LogP contribution in [0.1, 0.15) is 56.7 Å². The maximum atomic E-state index is 12.6. The van der Waals surface area contributed by atoms with Crippen LogP contribution >= 0.6 is 0 Å². The Hall–Kier alpha value is -1.49. The average molecular weight is 306 g/mol. The summed E-state index contributed by atoms with van der Waals surface area (Å²) in [6.45, 7) is 8.09. The largest absolute Gasteiger partial charge is 0.424 e. The van der Waals surface area contributed by atoms with Crippen molar-refractivity contribution in [2.24, 2.45) is 0 Å². The van der Waals surface area contributed by atoms with E-state index in [-0.39, 0.29) is 10.7 Å². The molecule has 0 bridgehead atoms. The Labute approximate surface area is 128 Å². The number of hydrogen-bond donors (Lipinski definition) is 0. The van der Waals surface area contributed by atoms with Crippen LogP contribution in [0.2, 0.25) is 0 Å². The molecule has 0 saturated heterocycles. The fraction of sp³-hybridized carbons (Fsp3) is 0.500. The van der Waals surface area contributed by atoms with Gasteiger partial charge in [-0.3, -0.25) is 4.21 Å². The fourth-order valence-corrected chi connectivity index (χ4v) is 3.47. The smallest absolute Gasteiger partial charge is 0.229 e. The topological polar surface area (TPSA) is 56.0 Å². The molecule has 0 fully saturated rings. The lowest BCUT2D eigenvalue weighted by atomic mass is 9.97. The highest BCUT2D eigenvalue weighted by Crippen LogP contribution is 2.26. The zero-order chi connectivity index (χ0) is 15.5. The molecule has 0 saturated carbocycles. The molecule has 0 radical (unpaired) electrons. The van der Waals surface area contributed by atoms with E-state index in [0.717, 1.165) is 12.0 Å². The average Bonchev–Trinajstić information content (AvgIpc) is 2.89. The molecular weight excluding hydrogens is 284 g/mol. The highest BCUT2D eigenvalue weighted by atomic mass is 32.2. The van der Waals surface area contributed by atoms with Crippen LogP contribution in [0.25, 0.3) is 0 Å². The van der Waals surface area contributed by atoms with Crippen molar-refractivity contribution in [2.75, 3.05) is 0 Å². The highest BCUT2D eigenvalue weighted by molar-refractivity contribution is 7.84. The van der Waals surface area contributed by atoms with Crippen LogP contribution < -0.4 is 0 Å². The van der Waals surface area contributed by atoms with Gasteiger partial charge in [0.05, 0.1) is 5.25 Å². The van der Waals surface area contributed by atoms with E-state index in [1.165, 1.54) is 0 Å². The predicted molar refractivity (Wildman–Crippen MR) is 84.3 cm³/mol. The van der Waals surface area contributed by atoms with Gasteiger partial charge >= 0.3 is 0 Å². The van der Waals surface area contributed by atoms with Gasteiger partial charge in [-0.2, -0.15) is 0 Å². The van der Waals surface area contributed by atoms with Crippen molar-refractivity contribution in [1.82, 2.24) is 10.2 Å². The van der Waals surface area contributed by atoms with Gasteiger partial charge < -0.3 is 4.42 Å². The van der Waals surface area contributed by atoms with Gasteiger partial charge in [0, 0.05) is 16.2 Å². The molecule has 5 heteroatoms. The lowest BCUT2D eigenvalue weighted by Crippen LogP contribution is -2.11. The summed E-state index contributed by atoms with van der Waals surface area (Å²) in [6.07, 6.45) is 0.816. The van der Waals surface area contributed by atoms with Gasteiger partial charge in [-0.05, 0) is 12.0 Å². The van der Waals surface area contributed by atoms with Crippen LogP contribution in [0.4, 0.5) is 0 Å². The summed E-state index contributed by atoms with van der Waals surface area (Å²) in [5.41, 5.74) is 0.907. The van der Waals surface area contributed by atoms with E-state index in [1.54, 1.807) is 0 Å². The molecule has 0 unspecified atom stereocenters. The Balaban J connectivity index is 2.11. The van der Waals surface area contributed by atoms with Crippen molar-refractivity contribution in [2.45, 2.75) is 50.5 Å². The molecule has 1 heterocycles. The van der Waals surface area contributed by atoms with Crippen LogP contribution in [0, 0.1) is 0 Å². The van der Waals surface area contributed by atoms with E-state index in [2.05, 4.69) is 10.2 Å². The van der Waals surface area contributed by atoms with E-state index >= 15 is 0 Å². The van der Waals surface area contributed by atoms with Gasteiger partial charge in [0.2, 0.25) is 11.8 Å². The summed E-state index contributed by atoms with van der Waals surface area (Å²) in [7, 11) is -1.07. The first-order valence-corrected chi connectivity index (χ1v) is 8.55. The van der Waals surface area contributed by atoms with Crippen molar-refractivity contribution in [3.63, 3.8) is 0 Å². The third-order valence-corrected chi connectivity index (χ3v) is 5.01. The standard InChI is InChI=1S/C16H22N2O2S/c1-5-13(12-9-7-6-8-10-12)21(19)11-14-17-18-15(20-14)16(2,3)4/h6-10,13H,5,11H2,1-4H3/t13-,21-/m1/s1. The van der Waals surface area contributed by atoms with Crippen LogP contribution in [-0.4, -0.2) is 14.4 Å². The van der Waals surface area contributed by atoms with E-state index in [4.69, 9.17) is 4.42 Å². The second-order valence-corrected chi connectivity index (χ2v) is 7.70. The lowest BCUT2D eigenvalue weighted by Gasteiger charge is -2.14. The minimum absolute atomic E-state index is 0.00353. The molecule has 2 rings (SSSR count). The number of benzene rings is 1. The molecule has 1 aromatic carbocycles. The molecule has 0 spiro atoms. The number of nitrogens with zero attached hydrogens (tertiary/aromatic N) is 2. The Morgan fingerprint density at radius 2 is 1.86 bits per heavy atom. The second kappa shape index (κ2) is 6.52. The first kappa shape index (κ1) is 15.9. The summed E-state index contributed by atoms with van der Waals surface area (Å²) in [6, 6.07) is 9.94. The normalized spacial score (nSPS) is 14.9. The van der Waals surface area contributed by atoms with Crippen molar-refractivity contribution in [3.05, 3.63) is 47.7 Å². The SMILES string of the molecule is CC[C@H](c1ccccc1)[S@](=O)Cc1nnc(C(C)(C)C)o1. The molecule has 4 nitrogen and oxygen atoms in total. The minimum Gasteiger partial charge on any atom is -0.424 e. The van der Waals surface area contributed by atoms with Crippen LogP contribution in [0.5, 0.6) is 0 Å². The van der Waals surface area contributed by atoms with E-state index in [1.807, 2.05) is 58.0 Å². The Bertz CT molecular complexity index is 602. The van der Waals surface area contributed by atoms with Crippen molar-refractivity contribution >= 4 is 10.8 Å². The van der Waals surface area contributed by atoms with E-state index in [0.29, 0.717) is 17.5 Å². The van der Waals surface area contributed by atoms with E-state index < -0.39 is 10.8 Å². The third-order valence-electron chi connectivity index (χ3n) is 3.23. The number of aromatic nitrogens is 2. The first-order chi connectivity index (χ1) is 9.91. The maximum Gasteiger partial charge on any atom is 0.229 e. The molecular formula is C16H22N2O2S. The molecule has 0 aliphatic carbocycles. The Morgan fingerprint density at radius 3 is 2.38 bits per heavy atom. The summed E-state index contributed by atoms with van der Waals surface area (Å²) in [5.74, 6) is 1.34. The van der Waals surface area contributed by atoms with Crippen molar-refractivity contribution in [3.8, 4) is 0 Å². The van der Waals surface area contributed by atoms with Crippen LogP contribution in [0.15, 0.2) is 34.7 Å². The molecule has 0 N–H and O–H groups in total. The van der Waals surface area contributed by atoms with Crippen LogP contribution in [-0.2, 0) is 22.0 Å². The summed E-state index contributed by atoms with van der Waals surface area (Å²) in [5, 5.41) is 8.07. The number of rotatable bonds is 5. The molecule has 2 atom stereocenters. The molecule has 0 aliphatic heterocycles. The minimum atomic E-state index is -1.07. The molecule has 2 aromatic rings. The van der Waals surface area contributed by atoms with Crippen LogP contribution in [0.3, 0.4) is 0 Å². The summed E-state index contributed by atoms with van der Waals surface area (Å²) >= 11 is 0. The van der Waals surface area contributed by atoms with Gasteiger partial charge in [0.15, 0.2) is 0 Å². The Kier molecular flexibility index (Phi) is 4.93. The maximum absolute atomic E-state index is 12.6. The van der Waals surface area contributed by atoms with E-state index in [9.17, 15) is 4.21 Å². The quantitative estimate of drug-likeness (QED) is 0.844. The van der Waals surface area contributed by atoms with Gasteiger partial charge in [-0.25, -0.2) is 0 Å². The molecule has 0 aliphatic rings. The monoisotopic (exact) mass is 306 g/mol. The predicted octanol–water partition coefficient (Wildman–Crippen LogP) is 3.77. The van der Waals surface area contributed by atoms with Gasteiger partial charge in [-0.1, -0.05) is 58.0 Å². The summed E-state index contributed by atoms with van der Waals surface area (Å²) < 4.78 is 18.2. The Morgan fingerprint density at radius 1 is 1.19 bits per heavy atom.